The number of piperidine rings is 1. The molecular formula is C12H20N2O2S2. The second kappa shape index (κ2) is 5.28. The van der Waals surface area contributed by atoms with Crippen LogP contribution in [0.15, 0.2) is 10.3 Å². The van der Waals surface area contributed by atoms with Gasteiger partial charge in [-0.2, -0.15) is 4.31 Å². The first-order valence-electron chi connectivity index (χ1n) is 6.28. The van der Waals surface area contributed by atoms with Crippen LogP contribution in [0.25, 0.3) is 0 Å². The maximum Gasteiger partial charge on any atom is 0.252 e. The summed E-state index contributed by atoms with van der Waals surface area (Å²) in [6.07, 6.45) is 3.02. The van der Waals surface area contributed by atoms with E-state index in [0.29, 0.717) is 17.3 Å². The van der Waals surface area contributed by atoms with Crippen molar-refractivity contribution in [1.82, 2.24) is 4.31 Å². The fourth-order valence-electron chi connectivity index (χ4n) is 2.36. The van der Waals surface area contributed by atoms with E-state index < -0.39 is 10.0 Å². The summed E-state index contributed by atoms with van der Waals surface area (Å²) in [5, 5.41) is 0. The molecule has 0 saturated carbocycles. The molecule has 1 fully saturated rings. The van der Waals surface area contributed by atoms with Crippen molar-refractivity contribution in [2.45, 2.75) is 49.9 Å². The van der Waals surface area contributed by atoms with Gasteiger partial charge in [0.1, 0.15) is 4.21 Å². The highest BCUT2D eigenvalue weighted by Crippen LogP contribution is 2.31. The van der Waals surface area contributed by atoms with E-state index >= 15 is 0 Å². The number of hydrogen-bond acceptors (Lipinski definition) is 4. The van der Waals surface area contributed by atoms with E-state index in [1.54, 1.807) is 10.4 Å². The summed E-state index contributed by atoms with van der Waals surface area (Å²) in [5.41, 5.74) is 6.59. The Bertz CT molecular complexity index is 522. The minimum Gasteiger partial charge on any atom is -0.326 e. The van der Waals surface area contributed by atoms with Gasteiger partial charge in [-0.1, -0.05) is 6.42 Å². The number of rotatable bonds is 3. The van der Waals surface area contributed by atoms with E-state index in [-0.39, 0.29) is 6.04 Å². The van der Waals surface area contributed by atoms with E-state index in [1.165, 1.54) is 11.3 Å². The summed E-state index contributed by atoms with van der Waals surface area (Å²) in [6, 6.07) is 1.86. The maximum atomic E-state index is 12.6. The zero-order chi connectivity index (χ0) is 13.3. The minimum atomic E-state index is -3.33. The minimum absolute atomic E-state index is 0.104. The zero-order valence-electron chi connectivity index (χ0n) is 10.8. The van der Waals surface area contributed by atoms with Crippen LogP contribution in [0.5, 0.6) is 0 Å². The number of nitrogens with two attached hydrogens (primary N) is 1. The summed E-state index contributed by atoms with van der Waals surface area (Å²) in [7, 11) is -3.33. The standard InChI is InChI=1S/C12H20N2O2S2/c1-9-7-12(17-11(9)8-13)18(15,16)14-6-4-3-5-10(14)2/h7,10H,3-6,8,13H2,1-2H3. The topological polar surface area (TPSA) is 63.4 Å². The molecule has 18 heavy (non-hydrogen) atoms. The van der Waals surface area contributed by atoms with E-state index in [4.69, 9.17) is 5.73 Å². The van der Waals surface area contributed by atoms with Crippen LogP contribution in [0.3, 0.4) is 0 Å². The molecule has 6 heteroatoms. The van der Waals surface area contributed by atoms with Gasteiger partial charge in [-0.25, -0.2) is 8.42 Å². The molecule has 1 aliphatic heterocycles. The Morgan fingerprint density at radius 2 is 2.22 bits per heavy atom. The summed E-state index contributed by atoms with van der Waals surface area (Å²) in [6.45, 7) is 4.94. The third-order valence-corrected chi connectivity index (χ3v) is 7.21. The highest BCUT2D eigenvalue weighted by Gasteiger charge is 2.32. The van der Waals surface area contributed by atoms with Gasteiger partial charge in [0.15, 0.2) is 0 Å². The molecule has 1 atom stereocenters. The molecule has 2 heterocycles. The van der Waals surface area contributed by atoms with Crippen LogP contribution >= 0.6 is 11.3 Å². The Hall–Kier alpha value is -0.430. The van der Waals surface area contributed by atoms with Crippen molar-refractivity contribution in [2.75, 3.05) is 6.54 Å². The van der Waals surface area contributed by atoms with Crippen LogP contribution in [-0.4, -0.2) is 25.3 Å². The predicted molar refractivity (Wildman–Crippen MR) is 74.2 cm³/mol. The maximum absolute atomic E-state index is 12.6. The third kappa shape index (κ3) is 2.47. The number of thiophene rings is 1. The van der Waals surface area contributed by atoms with Gasteiger partial charge in [0.25, 0.3) is 10.0 Å². The number of aryl methyl sites for hydroxylation is 1. The number of sulfonamides is 1. The Morgan fingerprint density at radius 1 is 1.50 bits per heavy atom. The predicted octanol–water partition coefficient (Wildman–Crippen LogP) is 2.08. The molecule has 1 aromatic rings. The van der Waals surface area contributed by atoms with Crippen molar-refractivity contribution in [1.29, 1.82) is 0 Å². The van der Waals surface area contributed by atoms with Crippen LogP contribution in [0.1, 0.15) is 36.6 Å². The van der Waals surface area contributed by atoms with Gasteiger partial charge < -0.3 is 5.73 Å². The molecule has 2 N–H and O–H groups in total. The van der Waals surface area contributed by atoms with E-state index in [9.17, 15) is 8.42 Å². The number of hydrogen-bond donors (Lipinski definition) is 1. The Kier molecular flexibility index (Phi) is 4.11. The molecular weight excluding hydrogens is 268 g/mol. The Labute approximate surface area is 113 Å². The van der Waals surface area contributed by atoms with Crippen molar-refractivity contribution < 1.29 is 8.42 Å². The van der Waals surface area contributed by atoms with E-state index in [1.807, 2.05) is 13.8 Å². The lowest BCUT2D eigenvalue weighted by atomic mass is 10.1. The zero-order valence-corrected chi connectivity index (χ0v) is 12.5. The number of nitrogens with zero attached hydrogens (tertiary/aromatic N) is 1. The molecule has 4 nitrogen and oxygen atoms in total. The first-order valence-corrected chi connectivity index (χ1v) is 8.53. The highest BCUT2D eigenvalue weighted by molar-refractivity contribution is 7.91. The molecule has 1 unspecified atom stereocenters. The molecule has 0 aliphatic carbocycles. The first kappa shape index (κ1) is 14.0. The fourth-order valence-corrected chi connectivity index (χ4v) is 5.66. The molecule has 1 aliphatic rings. The summed E-state index contributed by atoms with van der Waals surface area (Å²) >= 11 is 1.31. The molecule has 0 aromatic carbocycles. The average molecular weight is 288 g/mol. The van der Waals surface area contributed by atoms with E-state index in [0.717, 1.165) is 29.7 Å². The molecule has 1 saturated heterocycles. The normalized spacial score (nSPS) is 22.3. The molecule has 0 radical (unpaired) electrons. The van der Waals surface area contributed by atoms with Gasteiger partial charge in [0.05, 0.1) is 0 Å². The Balaban J connectivity index is 2.34. The van der Waals surface area contributed by atoms with Crippen molar-refractivity contribution in [3.63, 3.8) is 0 Å². The van der Waals surface area contributed by atoms with Gasteiger partial charge >= 0.3 is 0 Å². The summed E-state index contributed by atoms with van der Waals surface area (Å²) < 4.78 is 27.2. The third-order valence-electron chi connectivity index (χ3n) is 3.49. The lowest BCUT2D eigenvalue weighted by Crippen LogP contribution is -2.41. The van der Waals surface area contributed by atoms with Crippen LogP contribution in [0.4, 0.5) is 0 Å². The van der Waals surface area contributed by atoms with Crippen molar-refractivity contribution in [3.05, 3.63) is 16.5 Å². The fraction of sp³-hybridized carbons (Fsp3) is 0.667. The summed E-state index contributed by atoms with van der Waals surface area (Å²) in [5.74, 6) is 0. The smallest absolute Gasteiger partial charge is 0.252 e. The van der Waals surface area contributed by atoms with Crippen molar-refractivity contribution >= 4 is 21.4 Å². The van der Waals surface area contributed by atoms with Gasteiger partial charge in [-0.15, -0.1) is 11.3 Å². The average Bonchev–Trinajstić information content (AvgIpc) is 2.71. The van der Waals surface area contributed by atoms with Crippen LogP contribution < -0.4 is 5.73 Å². The van der Waals surface area contributed by atoms with Gasteiger partial charge in [0, 0.05) is 24.0 Å². The van der Waals surface area contributed by atoms with Gasteiger partial charge in [-0.05, 0) is 38.3 Å². The quantitative estimate of drug-likeness (QED) is 0.926. The molecule has 0 amide bonds. The monoisotopic (exact) mass is 288 g/mol. The molecule has 0 spiro atoms. The highest BCUT2D eigenvalue weighted by atomic mass is 32.2. The summed E-state index contributed by atoms with van der Waals surface area (Å²) in [4.78, 5) is 0.957. The second-order valence-electron chi connectivity index (χ2n) is 4.84. The van der Waals surface area contributed by atoms with Crippen molar-refractivity contribution in [2.24, 2.45) is 5.73 Å². The first-order chi connectivity index (χ1) is 8.46. The lowest BCUT2D eigenvalue weighted by Gasteiger charge is -2.31. The molecule has 2 rings (SSSR count). The van der Waals surface area contributed by atoms with Crippen LogP contribution in [0.2, 0.25) is 0 Å². The van der Waals surface area contributed by atoms with E-state index in [2.05, 4.69) is 0 Å². The SMILES string of the molecule is Cc1cc(S(=O)(=O)N2CCCCC2C)sc1CN. The Morgan fingerprint density at radius 3 is 2.78 bits per heavy atom. The van der Waals surface area contributed by atoms with Crippen molar-refractivity contribution in [3.8, 4) is 0 Å². The molecule has 102 valence electrons. The van der Waals surface area contributed by atoms with Crippen LogP contribution in [-0.2, 0) is 16.6 Å². The van der Waals surface area contributed by atoms with Gasteiger partial charge in [-0.3, -0.25) is 0 Å². The largest absolute Gasteiger partial charge is 0.326 e. The molecule has 0 bridgehead atoms. The second-order valence-corrected chi connectivity index (χ2v) is 8.09. The van der Waals surface area contributed by atoms with Gasteiger partial charge in [0.2, 0.25) is 0 Å². The molecule has 1 aromatic heterocycles. The lowest BCUT2D eigenvalue weighted by molar-refractivity contribution is 0.269. The van der Waals surface area contributed by atoms with Crippen LogP contribution in [0, 0.1) is 6.92 Å².